The molecule has 0 aromatic carbocycles. The van der Waals surface area contributed by atoms with Crippen molar-refractivity contribution in [1.82, 2.24) is 0 Å². The molecule has 0 aliphatic carbocycles. The Bertz CT molecular complexity index is 90.9. The predicted molar refractivity (Wildman–Crippen MR) is 26.6 cm³/mol. The van der Waals surface area contributed by atoms with Gasteiger partial charge >= 0.3 is 25.7 Å². The third-order valence-corrected chi connectivity index (χ3v) is 0.572. The van der Waals surface area contributed by atoms with E-state index in [1.165, 1.54) is 0 Å². The van der Waals surface area contributed by atoms with Crippen LogP contribution in [0.3, 0.4) is 0 Å². The first-order valence-corrected chi connectivity index (χ1v) is 3.83. The smallest absolute Gasteiger partial charge is 0 e. The third kappa shape index (κ3) is 38.5. The Labute approximate surface area is 81.4 Å². The molecule has 0 aromatic rings. The number of unbranched alkanes of at least 4 members (excludes halogenated alkanes) is 2. The summed E-state index contributed by atoms with van der Waals surface area (Å²) in [5.41, 5.74) is 0. The van der Waals surface area contributed by atoms with Gasteiger partial charge in [-0.05, 0) is 0 Å². The van der Waals surface area contributed by atoms with Crippen molar-refractivity contribution >= 4 is 6.29 Å². The second kappa shape index (κ2) is 22.7. The standard InChI is InChI=1S/C5H9O.2O.Ti.V/c1-2-3-4-5-6;;;;/h5H,1-4H2;;;;/q-1;;;;. The summed E-state index contributed by atoms with van der Waals surface area (Å²) < 4.78 is 17.0. The van der Waals surface area contributed by atoms with Crippen molar-refractivity contribution < 1.29 is 49.1 Å². The third-order valence-electron chi connectivity index (χ3n) is 0.572. The molecule has 5 heteroatoms. The van der Waals surface area contributed by atoms with Crippen molar-refractivity contribution in [2.45, 2.75) is 19.3 Å². The molecule has 0 saturated heterocycles. The van der Waals surface area contributed by atoms with Gasteiger partial charge in [0.15, 0.2) is 0 Å². The zero-order chi connectivity index (χ0) is 7.54. The largest absolute Gasteiger partial charge is 0 e. The van der Waals surface area contributed by atoms with Crippen LogP contribution in [0.5, 0.6) is 0 Å². The van der Waals surface area contributed by atoms with Crippen molar-refractivity contribution in [1.29, 1.82) is 0 Å². The van der Waals surface area contributed by atoms with Crippen LogP contribution in [0.2, 0.25) is 0 Å². The van der Waals surface area contributed by atoms with Gasteiger partial charge in [-0.3, -0.25) is 0 Å². The van der Waals surface area contributed by atoms with Gasteiger partial charge in [0.25, 0.3) is 0 Å². The van der Waals surface area contributed by atoms with Gasteiger partial charge in [0, 0.05) is 25.0 Å². The van der Waals surface area contributed by atoms with Gasteiger partial charge in [-0.25, -0.2) is 0 Å². The molecule has 0 N–H and O–H groups in total. The minimum atomic E-state index is -2.00. The molecule has 57 valence electrons. The molecule has 0 heterocycles. The molecule has 0 unspecified atom stereocenters. The molecule has 0 saturated carbocycles. The van der Waals surface area contributed by atoms with Crippen LogP contribution in [0.1, 0.15) is 19.3 Å². The number of rotatable bonds is 3. The zero-order valence-electron chi connectivity index (χ0n) is 5.58. The van der Waals surface area contributed by atoms with E-state index in [1.807, 2.05) is 0 Å². The molecule has 0 atom stereocenters. The summed E-state index contributed by atoms with van der Waals surface area (Å²) in [5, 5.41) is 0. The van der Waals surface area contributed by atoms with Gasteiger partial charge in [-0.1, -0.05) is 6.42 Å². The van der Waals surface area contributed by atoms with E-state index >= 15 is 0 Å². The van der Waals surface area contributed by atoms with Gasteiger partial charge in [0.2, 0.25) is 0 Å². The predicted octanol–water partition coefficient (Wildman–Crippen LogP) is 0.947. The molecular weight excluding hydrogens is 207 g/mol. The van der Waals surface area contributed by atoms with Crippen molar-refractivity contribution in [2.75, 3.05) is 0 Å². The van der Waals surface area contributed by atoms with E-state index < -0.39 is 19.1 Å². The number of carbonyl (C=O) groups is 1. The van der Waals surface area contributed by atoms with E-state index in [9.17, 15) is 4.79 Å². The average molecular weight is 216 g/mol. The summed E-state index contributed by atoms with van der Waals surface area (Å²) in [4.78, 5) is 9.54. The summed E-state index contributed by atoms with van der Waals surface area (Å²) in [7, 11) is 0. The fourth-order valence-corrected chi connectivity index (χ4v) is 0.228. The number of carbonyl (C=O) groups excluding carboxylic acids is 1. The molecule has 10 heavy (non-hydrogen) atoms. The summed E-state index contributed by atoms with van der Waals surface area (Å²) in [5.74, 6) is 0. The quantitative estimate of drug-likeness (QED) is 0.305. The van der Waals surface area contributed by atoms with Crippen LogP contribution < -0.4 is 0 Å². The number of hydrogen-bond donors (Lipinski definition) is 0. The second-order valence-electron chi connectivity index (χ2n) is 1.25. The van der Waals surface area contributed by atoms with Crippen LogP contribution in [0.15, 0.2) is 0 Å². The fraction of sp³-hybridized carbons (Fsp3) is 0.600. The molecule has 0 bridgehead atoms. The first-order valence-electron chi connectivity index (χ1n) is 2.55. The van der Waals surface area contributed by atoms with Crippen molar-refractivity contribution in [3.8, 4) is 0 Å². The van der Waals surface area contributed by atoms with Crippen LogP contribution in [0.4, 0.5) is 0 Å². The maximum absolute atomic E-state index is 9.54. The minimum Gasteiger partial charge on any atom is 0 e. The van der Waals surface area contributed by atoms with Crippen molar-refractivity contribution in [3.05, 3.63) is 6.92 Å². The summed E-state index contributed by atoms with van der Waals surface area (Å²) in [6.45, 7) is 3.56. The minimum absolute atomic E-state index is 0. The van der Waals surface area contributed by atoms with Gasteiger partial charge in [-0.15, -0.1) is 0 Å². The van der Waals surface area contributed by atoms with Crippen LogP contribution in [-0.4, -0.2) is 6.29 Å². The van der Waals surface area contributed by atoms with E-state index in [4.69, 9.17) is 6.65 Å². The van der Waals surface area contributed by atoms with Crippen LogP contribution in [0.25, 0.3) is 0 Å². The molecule has 3 nitrogen and oxygen atoms in total. The van der Waals surface area contributed by atoms with Gasteiger partial charge in [-0.2, -0.15) is 6.42 Å². The zero-order valence-corrected chi connectivity index (χ0v) is 8.54. The number of aldehydes is 1. The van der Waals surface area contributed by atoms with Crippen LogP contribution in [0, 0.1) is 6.92 Å². The van der Waals surface area contributed by atoms with Crippen molar-refractivity contribution in [2.24, 2.45) is 0 Å². The molecule has 0 fully saturated rings. The Kier molecular flexibility index (Phi) is 38.3. The van der Waals surface area contributed by atoms with Crippen molar-refractivity contribution in [3.63, 3.8) is 0 Å². The maximum atomic E-state index is 9.54. The molecule has 0 spiro atoms. The molecule has 0 aliphatic heterocycles. The van der Waals surface area contributed by atoms with Gasteiger partial charge in [0.05, 0.1) is 0 Å². The van der Waals surface area contributed by atoms with E-state index in [0.717, 1.165) is 19.1 Å². The first kappa shape index (κ1) is 16.9. The summed E-state index contributed by atoms with van der Waals surface area (Å²) in [6.07, 6.45) is 3.40. The molecular formula is C5H9O3TiV-. The topological polar surface area (TPSA) is 51.2 Å². The Morgan fingerprint density at radius 1 is 1.40 bits per heavy atom. The summed E-state index contributed by atoms with van der Waals surface area (Å²) >= 11 is -2.00. The second-order valence-corrected chi connectivity index (χ2v) is 1.51. The Morgan fingerprint density at radius 3 is 1.90 bits per heavy atom. The summed E-state index contributed by atoms with van der Waals surface area (Å²) in [6, 6.07) is 0. The Morgan fingerprint density at radius 2 is 1.80 bits per heavy atom. The molecule has 1 radical (unpaired) electrons. The first-order chi connectivity index (χ1) is 4.33. The maximum Gasteiger partial charge on any atom is 0 e. The monoisotopic (exact) mass is 216 g/mol. The van der Waals surface area contributed by atoms with E-state index in [-0.39, 0.29) is 18.6 Å². The normalized spacial score (nSPS) is 5.70. The van der Waals surface area contributed by atoms with Crippen LogP contribution in [-0.2, 0) is 49.1 Å². The Hall–Kier alpha value is 0.569. The van der Waals surface area contributed by atoms with E-state index in [0.29, 0.717) is 6.42 Å². The van der Waals surface area contributed by atoms with Gasteiger partial charge < -0.3 is 11.7 Å². The SMILES string of the molecule is [CH2-]CCCC=O.[O]=[Ti]=[O].[V]. The molecule has 0 aliphatic rings. The van der Waals surface area contributed by atoms with Crippen LogP contribution >= 0.6 is 0 Å². The number of hydrogen-bond acceptors (Lipinski definition) is 3. The molecule has 0 aromatic heterocycles. The Balaban J connectivity index is -0.000000107. The van der Waals surface area contributed by atoms with E-state index in [2.05, 4.69) is 6.92 Å². The van der Waals surface area contributed by atoms with Gasteiger partial charge in [0.1, 0.15) is 6.29 Å². The molecule has 0 amide bonds. The van der Waals surface area contributed by atoms with E-state index in [1.54, 1.807) is 0 Å². The fourth-order valence-electron chi connectivity index (χ4n) is 0.228. The average Bonchev–Trinajstić information content (AvgIpc) is 1.86. The molecule has 0 rings (SSSR count).